The Hall–Kier alpha value is -1.28. The number of hydrogen-bond donors (Lipinski definition) is 1. The topological polar surface area (TPSA) is 24.9 Å². The van der Waals surface area contributed by atoms with Crippen molar-refractivity contribution in [1.29, 1.82) is 0 Å². The van der Waals surface area contributed by atoms with Crippen molar-refractivity contribution in [3.05, 3.63) is 35.5 Å². The first-order chi connectivity index (χ1) is 8.84. The molecule has 0 aliphatic heterocycles. The standard InChI is InChI=1S/C15H17ClN2/c16-13-7-8-14(15-12(13)6-3-9-17-15)18-10-11-4-1-2-5-11/h3,6-9,11,18H,1-2,4-5,10H2. The first-order valence-electron chi connectivity index (χ1n) is 6.62. The van der Waals surface area contributed by atoms with E-state index in [9.17, 15) is 0 Å². The second-order valence-electron chi connectivity index (χ2n) is 5.03. The van der Waals surface area contributed by atoms with Gasteiger partial charge in [-0.3, -0.25) is 4.98 Å². The maximum Gasteiger partial charge on any atom is 0.0948 e. The Bertz CT molecular complexity index is 547. The summed E-state index contributed by atoms with van der Waals surface area (Å²) in [6.07, 6.45) is 7.29. The molecule has 18 heavy (non-hydrogen) atoms. The third-order valence-electron chi connectivity index (χ3n) is 3.77. The van der Waals surface area contributed by atoms with Crippen molar-refractivity contribution < 1.29 is 0 Å². The molecule has 3 rings (SSSR count). The monoisotopic (exact) mass is 260 g/mol. The highest BCUT2D eigenvalue weighted by atomic mass is 35.5. The van der Waals surface area contributed by atoms with Gasteiger partial charge in [-0.25, -0.2) is 0 Å². The van der Waals surface area contributed by atoms with E-state index in [0.29, 0.717) is 0 Å². The van der Waals surface area contributed by atoms with Crippen molar-refractivity contribution in [3.63, 3.8) is 0 Å². The summed E-state index contributed by atoms with van der Waals surface area (Å²) in [4.78, 5) is 4.44. The Morgan fingerprint density at radius 2 is 2.06 bits per heavy atom. The fraction of sp³-hybridized carbons (Fsp3) is 0.400. The van der Waals surface area contributed by atoms with E-state index < -0.39 is 0 Å². The molecule has 0 bridgehead atoms. The molecule has 1 heterocycles. The number of benzene rings is 1. The number of halogens is 1. The summed E-state index contributed by atoms with van der Waals surface area (Å²) in [6, 6.07) is 7.93. The van der Waals surface area contributed by atoms with Crippen LogP contribution in [-0.4, -0.2) is 11.5 Å². The number of nitrogens with one attached hydrogen (secondary N) is 1. The number of aromatic nitrogens is 1. The van der Waals surface area contributed by atoms with Gasteiger partial charge in [0.2, 0.25) is 0 Å². The number of pyridine rings is 1. The van der Waals surface area contributed by atoms with E-state index in [1.807, 2.05) is 30.5 Å². The molecule has 0 radical (unpaired) electrons. The summed E-state index contributed by atoms with van der Waals surface area (Å²) in [5.74, 6) is 0.819. The second kappa shape index (κ2) is 5.15. The SMILES string of the molecule is Clc1ccc(NCC2CCCC2)c2ncccc12. The van der Waals surface area contributed by atoms with Crippen molar-refractivity contribution in [1.82, 2.24) is 4.98 Å². The van der Waals surface area contributed by atoms with Gasteiger partial charge < -0.3 is 5.32 Å². The average Bonchev–Trinajstić information content (AvgIpc) is 2.92. The van der Waals surface area contributed by atoms with Gasteiger partial charge in [-0.2, -0.15) is 0 Å². The number of anilines is 1. The van der Waals surface area contributed by atoms with Crippen LogP contribution in [-0.2, 0) is 0 Å². The molecular weight excluding hydrogens is 244 g/mol. The van der Waals surface area contributed by atoms with Crippen LogP contribution >= 0.6 is 11.6 Å². The molecule has 0 unspecified atom stereocenters. The number of nitrogens with zero attached hydrogens (tertiary/aromatic N) is 1. The average molecular weight is 261 g/mol. The zero-order valence-corrected chi connectivity index (χ0v) is 11.1. The minimum atomic E-state index is 0.768. The number of fused-ring (bicyclic) bond motifs is 1. The molecular formula is C15H17ClN2. The quantitative estimate of drug-likeness (QED) is 0.880. The summed E-state index contributed by atoms with van der Waals surface area (Å²) in [5.41, 5.74) is 2.07. The minimum absolute atomic E-state index is 0.768. The van der Waals surface area contributed by atoms with Crippen molar-refractivity contribution in [2.75, 3.05) is 11.9 Å². The smallest absolute Gasteiger partial charge is 0.0948 e. The van der Waals surface area contributed by atoms with Crippen LogP contribution < -0.4 is 5.32 Å². The van der Waals surface area contributed by atoms with Gasteiger partial charge >= 0.3 is 0 Å². The molecule has 1 N–H and O–H groups in total. The summed E-state index contributed by atoms with van der Waals surface area (Å²) in [6.45, 7) is 1.05. The van der Waals surface area contributed by atoms with E-state index in [4.69, 9.17) is 11.6 Å². The van der Waals surface area contributed by atoms with Gasteiger partial charge in [0.05, 0.1) is 16.2 Å². The summed E-state index contributed by atoms with van der Waals surface area (Å²) < 4.78 is 0. The molecule has 1 aromatic carbocycles. The molecule has 2 aromatic rings. The Kier molecular flexibility index (Phi) is 3.37. The largest absolute Gasteiger partial charge is 0.383 e. The van der Waals surface area contributed by atoms with Crippen molar-refractivity contribution in [2.24, 2.45) is 5.92 Å². The first-order valence-corrected chi connectivity index (χ1v) is 6.99. The minimum Gasteiger partial charge on any atom is -0.383 e. The molecule has 0 saturated heterocycles. The molecule has 1 aromatic heterocycles. The lowest BCUT2D eigenvalue weighted by atomic mass is 10.1. The molecule has 1 saturated carbocycles. The summed E-state index contributed by atoms with van der Waals surface area (Å²) in [5, 5.41) is 5.33. The maximum absolute atomic E-state index is 6.19. The molecule has 3 heteroatoms. The van der Waals surface area contributed by atoms with Gasteiger partial charge in [0.25, 0.3) is 0 Å². The van der Waals surface area contributed by atoms with Crippen molar-refractivity contribution in [2.45, 2.75) is 25.7 Å². The molecule has 1 aliphatic carbocycles. The normalized spacial score (nSPS) is 16.3. The Morgan fingerprint density at radius 3 is 2.89 bits per heavy atom. The third kappa shape index (κ3) is 2.30. The lowest BCUT2D eigenvalue weighted by molar-refractivity contribution is 0.580. The van der Waals surface area contributed by atoms with E-state index in [1.165, 1.54) is 25.7 Å². The summed E-state index contributed by atoms with van der Waals surface area (Å²) >= 11 is 6.19. The van der Waals surface area contributed by atoms with Gasteiger partial charge in [0.1, 0.15) is 0 Å². The van der Waals surface area contributed by atoms with E-state index >= 15 is 0 Å². The Balaban J connectivity index is 1.85. The van der Waals surface area contributed by atoms with Crippen molar-refractivity contribution in [3.8, 4) is 0 Å². The van der Waals surface area contributed by atoms with E-state index in [-0.39, 0.29) is 0 Å². The molecule has 1 fully saturated rings. The lowest BCUT2D eigenvalue weighted by Crippen LogP contribution is -2.11. The molecule has 94 valence electrons. The molecule has 1 aliphatic rings. The zero-order chi connectivity index (χ0) is 12.4. The van der Waals surface area contributed by atoms with Crippen molar-refractivity contribution >= 4 is 28.2 Å². The second-order valence-corrected chi connectivity index (χ2v) is 5.43. The predicted molar refractivity (Wildman–Crippen MR) is 77.2 cm³/mol. The Labute approximate surface area is 112 Å². The summed E-state index contributed by atoms with van der Waals surface area (Å²) in [7, 11) is 0. The van der Waals surface area contributed by atoms with Gasteiger partial charge in [-0.05, 0) is 43.0 Å². The predicted octanol–water partition coefficient (Wildman–Crippen LogP) is 4.49. The fourth-order valence-corrected chi connectivity index (χ4v) is 2.96. The van der Waals surface area contributed by atoms with Crippen LogP contribution in [0, 0.1) is 5.92 Å². The lowest BCUT2D eigenvalue weighted by Gasteiger charge is -2.13. The Morgan fingerprint density at radius 1 is 1.22 bits per heavy atom. The highest BCUT2D eigenvalue weighted by Gasteiger charge is 2.15. The fourth-order valence-electron chi connectivity index (χ4n) is 2.75. The highest BCUT2D eigenvalue weighted by molar-refractivity contribution is 6.35. The van der Waals surface area contributed by atoms with E-state index in [1.54, 1.807) is 0 Å². The number of rotatable bonds is 3. The van der Waals surface area contributed by atoms with Crippen LogP contribution in [0.3, 0.4) is 0 Å². The third-order valence-corrected chi connectivity index (χ3v) is 4.10. The van der Waals surface area contributed by atoms with Gasteiger partial charge in [-0.15, -0.1) is 0 Å². The molecule has 0 atom stereocenters. The maximum atomic E-state index is 6.19. The van der Waals surface area contributed by atoms with E-state index in [0.717, 1.165) is 34.1 Å². The molecule has 2 nitrogen and oxygen atoms in total. The van der Waals surface area contributed by atoms with E-state index in [2.05, 4.69) is 10.3 Å². The van der Waals surface area contributed by atoms with Gasteiger partial charge in [0.15, 0.2) is 0 Å². The van der Waals surface area contributed by atoms with Crippen LogP contribution in [0.15, 0.2) is 30.5 Å². The van der Waals surface area contributed by atoms with Crippen LogP contribution in [0.2, 0.25) is 5.02 Å². The van der Waals surface area contributed by atoms with Crippen LogP contribution in [0.4, 0.5) is 5.69 Å². The van der Waals surface area contributed by atoms with Gasteiger partial charge in [0, 0.05) is 18.1 Å². The van der Waals surface area contributed by atoms with Crippen LogP contribution in [0.1, 0.15) is 25.7 Å². The highest BCUT2D eigenvalue weighted by Crippen LogP contribution is 2.29. The first kappa shape index (κ1) is 11.8. The number of hydrogen-bond acceptors (Lipinski definition) is 2. The zero-order valence-electron chi connectivity index (χ0n) is 10.3. The van der Waals surface area contributed by atoms with Gasteiger partial charge in [-0.1, -0.05) is 24.4 Å². The molecule has 0 amide bonds. The molecule has 0 spiro atoms. The van der Waals surface area contributed by atoms with Crippen LogP contribution in [0.5, 0.6) is 0 Å². The van der Waals surface area contributed by atoms with Crippen LogP contribution in [0.25, 0.3) is 10.9 Å².